The summed E-state index contributed by atoms with van der Waals surface area (Å²) in [5, 5.41) is 3.51. The van der Waals surface area contributed by atoms with E-state index in [1.165, 1.54) is 16.7 Å². The van der Waals surface area contributed by atoms with Gasteiger partial charge in [-0.15, -0.1) is 0 Å². The molecule has 1 N–H and O–H groups in total. The summed E-state index contributed by atoms with van der Waals surface area (Å²) in [5.41, 5.74) is 11.7. The van der Waals surface area contributed by atoms with Crippen molar-refractivity contribution in [3.8, 4) is 11.1 Å². The molecule has 0 fully saturated rings. The summed E-state index contributed by atoms with van der Waals surface area (Å²) in [6.07, 6.45) is 6.85. The van der Waals surface area contributed by atoms with E-state index in [1.807, 2.05) is 12.1 Å². The second-order valence-electron chi connectivity index (χ2n) is 11.4. The van der Waals surface area contributed by atoms with E-state index in [-0.39, 0.29) is 17.5 Å². The molecule has 42 heavy (non-hydrogen) atoms. The van der Waals surface area contributed by atoms with E-state index >= 15 is 0 Å². The number of Topliss-reactive ketones (excluding diaryl/α,β-unsaturated/α-hetero) is 2. The number of hydrogen-bond donors (Lipinski definition) is 1. The minimum atomic E-state index is -0.257. The quantitative estimate of drug-likeness (QED) is 0.254. The number of allylic oxidation sites excluding steroid dienone is 4. The lowest BCUT2D eigenvalue weighted by molar-refractivity contribution is -0.116. The first-order valence-electron chi connectivity index (χ1n) is 15.0. The fraction of sp³-hybridized carbons (Fsp3) is 0.179. The van der Waals surface area contributed by atoms with Gasteiger partial charge in [-0.1, -0.05) is 109 Å². The molecule has 0 saturated carbocycles. The van der Waals surface area contributed by atoms with Crippen molar-refractivity contribution in [1.82, 2.24) is 5.32 Å². The molecule has 0 bridgehead atoms. The molecule has 0 amide bonds. The van der Waals surface area contributed by atoms with Gasteiger partial charge in [-0.05, 0) is 70.7 Å². The monoisotopic (exact) mass is 547 g/mol. The first-order chi connectivity index (χ1) is 20.7. The molecule has 3 aliphatic rings. The normalized spacial score (nSPS) is 17.0. The Hall–Kier alpha value is -4.76. The molecule has 0 aromatic heterocycles. The van der Waals surface area contributed by atoms with Crippen molar-refractivity contribution < 1.29 is 9.59 Å². The van der Waals surface area contributed by atoms with Crippen LogP contribution in [0.4, 0.5) is 0 Å². The van der Waals surface area contributed by atoms with Crippen molar-refractivity contribution in [3.05, 3.63) is 154 Å². The summed E-state index contributed by atoms with van der Waals surface area (Å²) in [7, 11) is 0. The summed E-state index contributed by atoms with van der Waals surface area (Å²) < 4.78 is 0. The van der Waals surface area contributed by atoms with Crippen LogP contribution in [0.15, 0.2) is 132 Å². The molecule has 3 nitrogen and oxygen atoms in total. The molecule has 0 saturated heterocycles. The van der Waals surface area contributed by atoms with Crippen LogP contribution in [0.3, 0.4) is 0 Å². The Morgan fingerprint density at radius 1 is 0.571 bits per heavy atom. The zero-order valence-electron chi connectivity index (χ0n) is 23.6. The fourth-order valence-corrected chi connectivity index (χ4v) is 6.69. The van der Waals surface area contributed by atoms with Crippen LogP contribution in [-0.2, 0) is 9.59 Å². The predicted octanol–water partition coefficient (Wildman–Crippen LogP) is 8.64. The topological polar surface area (TPSA) is 46.2 Å². The predicted molar refractivity (Wildman–Crippen MR) is 169 cm³/mol. The molecule has 1 heterocycles. The number of hydrogen-bond acceptors (Lipinski definition) is 3. The summed E-state index contributed by atoms with van der Waals surface area (Å²) in [4.78, 5) is 26.3. The maximum atomic E-state index is 13.1. The number of dihydropyridines is 1. The largest absolute Gasteiger partial charge is 0.362 e. The Morgan fingerprint density at radius 3 is 1.55 bits per heavy atom. The number of rotatable bonds is 5. The van der Waals surface area contributed by atoms with Crippen molar-refractivity contribution >= 4 is 23.2 Å². The van der Waals surface area contributed by atoms with Crippen molar-refractivity contribution in [2.24, 2.45) is 0 Å². The van der Waals surface area contributed by atoms with Crippen molar-refractivity contribution in [2.75, 3.05) is 0 Å². The van der Waals surface area contributed by atoms with Gasteiger partial charge in [0.1, 0.15) is 0 Å². The Bertz CT molecular complexity index is 1660. The maximum absolute atomic E-state index is 13.1. The zero-order chi connectivity index (χ0) is 28.5. The maximum Gasteiger partial charge on any atom is 0.161 e. The highest BCUT2D eigenvalue weighted by Gasteiger charge is 2.40. The number of benzene rings is 4. The third-order valence-corrected chi connectivity index (χ3v) is 8.76. The molecule has 4 aromatic carbocycles. The van der Waals surface area contributed by atoms with Gasteiger partial charge in [-0.2, -0.15) is 0 Å². The lowest BCUT2D eigenvalue weighted by atomic mass is 9.71. The van der Waals surface area contributed by atoms with E-state index in [2.05, 4.69) is 108 Å². The van der Waals surface area contributed by atoms with Gasteiger partial charge in [-0.25, -0.2) is 0 Å². The van der Waals surface area contributed by atoms with E-state index in [4.69, 9.17) is 0 Å². The van der Waals surface area contributed by atoms with E-state index in [9.17, 15) is 9.59 Å². The van der Waals surface area contributed by atoms with Gasteiger partial charge in [-0.3, -0.25) is 9.59 Å². The van der Waals surface area contributed by atoms with Crippen LogP contribution in [0.5, 0.6) is 0 Å². The van der Waals surface area contributed by atoms with Gasteiger partial charge in [0.2, 0.25) is 0 Å². The molecular formula is C39H33NO2. The van der Waals surface area contributed by atoms with Gasteiger partial charge in [0.05, 0.1) is 0 Å². The number of ketones is 2. The van der Waals surface area contributed by atoms with Crippen LogP contribution in [0, 0.1) is 0 Å². The lowest BCUT2D eigenvalue weighted by Gasteiger charge is -2.37. The smallest absolute Gasteiger partial charge is 0.161 e. The molecule has 0 spiro atoms. The third kappa shape index (κ3) is 4.96. The molecule has 206 valence electrons. The highest BCUT2D eigenvalue weighted by Crippen LogP contribution is 2.45. The van der Waals surface area contributed by atoms with Crippen LogP contribution in [0.25, 0.3) is 22.8 Å². The Morgan fingerprint density at radius 2 is 1.05 bits per heavy atom. The van der Waals surface area contributed by atoms with Crippen LogP contribution >= 0.6 is 0 Å². The molecule has 0 atom stereocenters. The van der Waals surface area contributed by atoms with Gasteiger partial charge in [0, 0.05) is 41.3 Å². The first-order valence-corrected chi connectivity index (χ1v) is 15.0. The second kappa shape index (κ2) is 11.3. The highest BCUT2D eigenvalue weighted by atomic mass is 16.1. The molecular weight excluding hydrogens is 514 g/mol. The van der Waals surface area contributed by atoms with Crippen LogP contribution in [0.2, 0.25) is 0 Å². The average Bonchev–Trinajstić information content (AvgIpc) is 3.04. The average molecular weight is 548 g/mol. The number of carbonyl (C=O) groups excluding carboxylic acids is 2. The van der Waals surface area contributed by atoms with E-state index in [0.29, 0.717) is 12.8 Å². The summed E-state index contributed by atoms with van der Waals surface area (Å²) in [6, 6.07) is 38.1. The van der Waals surface area contributed by atoms with Crippen molar-refractivity contribution in [1.29, 1.82) is 0 Å². The number of carbonyl (C=O) groups is 2. The SMILES string of the molecule is O=C1CCCC2=C1C(c1ccc(-c3ccc(C=C(c4ccccc4)c4ccccc4)cc3)cc1)C1=C(CCCC1=O)N2. The summed E-state index contributed by atoms with van der Waals surface area (Å²) in [6.45, 7) is 0. The molecule has 0 unspecified atom stereocenters. The Kier molecular flexibility index (Phi) is 7.01. The minimum absolute atomic E-state index is 0.178. The van der Waals surface area contributed by atoms with Crippen molar-refractivity contribution in [2.45, 2.75) is 44.4 Å². The number of nitrogens with one attached hydrogen (secondary N) is 1. The molecule has 3 heteroatoms. The van der Waals surface area contributed by atoms with Crippen LogP contribution in [-0.4, -0.2) is 11.6 Å². The van der Waals surface area contributed by atoms with Gasteiger partial charge in [0.25, 0.3) is 0 Å². The molecule has 7 rings (SSSR count). The second-order valence-corrected chi connectivity index (χ2v) is 11.4. The minimum Gasteiger partial charge on any atom is -0.362 e. The Balaban J connectivity index is 1.20. The lowest BCUT2D eigenvalue weighted by Crippen LogP contribution is -2.36. The van der Waals surface area contributed by atoms with Crippen LogP contribution in [0.1, 0.15) is 66.7 Å². The van der Waals surface area contributed by atoms with E-state index in [0.717, 1.165) is 70.5 Å². The highest BCUT2D eigenvalue weighted by molar-refractivity contribution is 6.06. The first kappa shape index (κ1) is 26.2. The summed E-state index contributed by atoms with van der Waals surface area (Å²) in [5.74, 6) is 0.0985. The van der Waals surface area contributed by atoms with Crippen LogP contribution < -0.4 is 5.32 Å². The fourth-order valence-electron chi connectivity index (χ4n) is 6.69. The standard InChI is InChI=1S/C39H33NO2/c41-35-15-7-13-33-38(35)37(39-34(40-33)14-8-16-36(39)42)31-23-21-28(22-24-31)27-19-17-26(18-20-27)25-32(29-9-3-1-4-10-29)30-11-5-2-6-12-30/h1-6,9-12,17-25,37,40H,7-8,13-16H2. The molecule has 1 aliphatic heterocycles. The van der Waals surface area contributed by atoms with Gasteiger partial charge in [0.15, 0.2) is 11.6 Å². The Labute approximate surface area is 247 Å². The van der Waals surface area contributed by atoms with Gasteiger partial charge < -0.3 is 5.32 Å². The molecule has 2 aliphatic carbocycles. The van der Waals surface area contributed by atoms with Gasteiger partial charge >= 0.3 is 0 Å². The third-order valence-electron chi connectivity index (χ3n) is 8.76. The zero-order valence-corrected chi connectivity index (χ0v) is 23.6. The molecule has 0 radical (unpaired) electrons. The summed E-state index contributed by atoms with van der Waals surface area (Å²) >= 11 is 0. The molecule has 4 aromatic rings. The van der Waals surface area contributed by atoms with Crippen molar-refractivity contribution in [3.63, 3.8) is 0 Å². The van der Waals surface area contributed by atoms with E-state index in [1.54, 1.807) is 0 Å². The van der Waals surface area contributed by atoms with E-state index < -0.39 is 0 Å².